The molecule has 0 fully saturated rings. The summed E-state index contributed by atoms with van der Waals surface area (Å²) in [5.74, 6) is 0.636. The van der Waals surface area contributed by atoms with Crippen molar-refractivity contribution in [3.8, 4) is 0 Å². The number of hydrogen-bond donors (Lipinski definition) is 1. The van der Waals surface area contributed by atoms with Gasteiger partial charge in [0.05, 0.1) is 4.92 Å². The van der Waals surface area contributed by atoms with Crippen LogP contribution in [0.1, 0.15) is 5.82 Å². The molecular weight excluding hydrogens is 308 g/mol. The third kappa shape index (κ3) is 2.77. The van der Waals surface area contributed by atoms with Gasteiger partial charge in [-0.25, -0.2) is 4.98 Å². The van der Waals surface area contributed by atoms with Crippen molar-refractivity contribution in [2.24, 2.45) is 0 Å². The number of aryl methyl sites for hydroxylation is 1. The molecule has 2 aromatic rings. The normalized spacial score (nSPS) is 10.2. The van der Waals surface area contributed by atoms with Gasteiger partial charge in [0.1, 0.15) is 11.5 Å². The third-order valence-electron chi connectivity index (χ3n) is 1.93. The molecule has 1 aromatic heterocycles. The first-order chi connectivity index (χ1) is 8.06. The minimum Gasteiger partial charge on any atom is -0.325 e. The van der Waals surface area contributed by atoms with E-state index in [1.165, 1.54) is 6.07 Å². The summed E-state index contributed by atoms with van der Waals surface area (Å²) in [6.45, 7) is 1.76. The maximum Gasteiger partial charge on any atom is 0.293 e. The first kappa shape index (κ1) is 11.9. The summed E-state index contributed by atoms with van der Waals surface area (Å²) in [5, 5.41) is 14.3. The highest BCUT2D eigenvalue weighted by atomic mass is 79.9. The highest BCUT2D eigenvalue weighted by Crippen LogP contribution is 2.30. The molecule has 8 heteroatoms. The summed E-state index contributed by atoms with van der Waals surface area (Å²) >= 11 is 4.36. The van der Waals surface area contributed by atoms with Crippen molar-refractivity contribution in [3.05, 3.63) is 38.6 Å². The van der Waals surface area contributed by atoms with E-state index < -0.39 is 4.92 Å². The quantitative estimate of drug-likeness (QED) is 0.694. The van der Waals surface area contributed by atoms with Gasteiger partial charge in [0.25, 0.3) is 5.69 Å². The number of nitro groups is 1. The molecule has 0 spiro atoms. The molecule has 1 heterocycles. The van der Waals surface area contributed by atoms with Gasteiger partial charge in [0.15, 0.2) is 0 Å². The Bertz CT molecular complexity index is 572. The molecule has 88 valence electrons. The summed E-state index contributed by atoms with van der Waals surface area (Å²) in [7, 11) is 0. The highest BCUT2D eigenvalue weighted by molar-refractivity contribution is 9.10. The first-order valence-corrected chi connectivity index (χ1v) is 6.14. The second-order valence-electron chi connectivity index (χ2n) is 3.19. The van der Waals surface area contributed by atoms with Crippen LogP contribution < -0.4 is 5.32 Å². The fraction of sp³-hybridized carbons (Fsp3) is 0.111. The number of hydrogen-bond acceptors (Lipinski definition) is 6. The van der Waals surface area contributed by atoms with Crippen molar-refractivity contribution >= 4 is 44.0 Å². The van der Waals surface area contributed by atoms with E-state index in [-0.39, 0.29) is 5.69 Å². The number of anilines is 2. The van der Waals surface area contributed by atoms with Crippen LogP contribution in [0, 0.1) is 17.0 Å². The number of benzene rings is 1. The molecule has 1 aromatic carbocycles. The van der Waals surface area contributed by atoms with Crippen molar-refractivity contribution in [1.82, 2.24) is 9.36 Å². The predicted molar refractivity (Wildman–Crippen MR) is 68.7 cm³/mol. The van der Waals surface area contributed by atoms with E-state index >= 15 is 0 Å². The average Bonchev–Trinajstić information content (AvgIpc) is 2.66. The standard InChI is InChI=1S/C9H7BrN4O2S/c1-5-11-9(17-13-5)12-7-3-2-6(10)4-8(7)14(15)16/h2-4H,1H3,(H,11,12,13). The highest BCUT2D eigenvalue weighted by Gasteiger charge is 2.15. The van der Waals surface area contributed by atoms with Gasteiger partial charge in [0.2, 0.25) is 5.13 Å². The van der Waals surface area contributed by atoms with Gasteiger partial charge in [0, 0.05) is 22.1 Å². The minimum absolute atomic E-state index is 0.00720. The van der Waals surface area contributed by atoms with E-state index in [0.717, 1.165) is 11.5 Å². The van der Waals surface area contributed by atoms with Crippen LogP contribution >= 0.6 is 27.5 Å². The van der Waals surface area contributed by atoms with Crippen LogP contribution in [0.3, 0.4) is 0 Å². The Labute approximate surface area is 109 Å². The maximum absolute atomic E-state index is 10.9. The Morgan fingerprint density at radius 3 is 2.88 bits per heavy atom. The van der Waals surface area contributed by atoms with Gasteiger partial charge >= 0.3 is 0 Å². The Morgan fingerprint density at radius 1 is 1.53 bits per heavy atom. The predicted octanol–water partition coefficient (Wildman–Crippen LogP) is 3.26. The molecule has 2 rings (SSSR count). The fourth-order valence-electron chi connectivity index (χ4n) is 1.22. The SMILES string of the molecule is Cc1nsc(Nc2ccc(Br)cc2[N+](=O)[O-])n1. The molecule has 0 aliphatic carbocycles. The molecule has 0 bridgehead atoms. The lowest BCUT2D eigenvalue weighted by atomic mass is 10.3. The van der Waals surface area contributed by atoms with E-state index in [4.69, 9.17) is 0 Å². The number of nitrogens with one attached hydrogen (secondary N) is 1. The second-order valence-corrected chi connectivity index (χ2v) is 4.86. The molecule has 0 amide bonds. The topological polar surface area (TPSA) is 81.0 Å². The molecule has 0 radical (unpaired) electrons. The Balaban J connectivity index is 2.35. The van der Waals surface area contributed by atoms with Crippen LogP contribution in [0.4, 0.5) is 16.5 Å². The lowest BCUT2D eigenvalue weighted by molar-refractivity contribution is -0.384. The number of halogens is 1. The van der Waals surface area contributed by atoms with Crippen LogP contribution in [0.2, 0.25) is 0 Å². The molecule has 0 atom stereocenters. The summed E-state index contributed by atoms with van der Waals surface area (Å²) in [4.78, 5) is 14.5. The zero-order valence-corrected chi connectivity index (χ0v) is 11.1. The summed E-state index contributed by atoms with van der Waals surface area (Å²) < 4.78 is 4.65. The summed E-state index contributed by atoms with van der Waals surface area (Å²) in [6.07, 6.45) is 0. The van der Waals surface area contributed by atoms with Crippen LogP contribution in [0.5, 0.6) is 0 Å². The van der Waals surface area contributed by atoms with Crippen LogP contribution in [-0.4, -0.2) is 14.3 Å². The molecule has 6 nitrogen and oxygen atoms in total. The monoisotopic (exact) mass is 314 g/mol. The smallest absolute Gasteiger partial charge is 0.293 e. The minimum atomic E-state index is -0.443. The van der Waals surface area contributed by atoms with E-state index in [0.29, 0.717) is 21.1 Å². The van der Waals surface area contributed by atoms with Crippen molar-refractivity contribution < 1.29 is 4.92 Å². The Kier molecular flexibility index (Phi) is 3.34. The fourth-order valence-corrected chi connectivity index (χ4v) is 2.16. The molecular formula is C9H7BrN4O2S. The van der Waals surface area contributed by atoms with Gasteiger partial charge in [-0.3, -0.25) is 10.1 Å². The van der Waals surface area contributed by atoms with E-state index in [1.54, 1.807) is 19.1 Å². The van der Waals surface area contributed by atoms with Crippen molar-refractivity contribution in [1.29, 1.82) is 0 Å². The molecule has 0 aliphatic rings. The Morgan fingerprint density at radius 2 is 2.29 bits per heavy atom. The molecule has 0 saturated heterocycles. The molecule has 0 unspecified atom stereocenters. The molecule has 0 saturated carbocycles. The second kappa shape index (κ2) is 4.76. The van der Waals surface area contributed by atoms with Gasteiger partial charge in [-0.15, -0.1) is 0 Å². The third-order valence-corrected chi connectivity index (χ3v) is 3.14. The molecule has 0 aliphatic heterocycles. The van der Waals surface area contributed by atoms with E-state index in [1.807, 2.05) is 0 Å². The lowest BCUT2D eigenvalue weighted by Crippen LogP contribution is -1.96. The summed E-state index contributed by atoms with van der Waals surface area (Å²) in [6, 6.07) is 4.79. The van der Waals surface area contributed by atoms with Gasteiger partial charge in [-0.2, -0.15) is 4.37 Å². The number of rotatable bonds is 3. The number of nitro benzene ring substituents is 1. The van der Waals surface area contributed by atoms with Gasteiger partial charge in [-0.05, 0) is 19.1 Å². The number of aromatic nitrogens is 2. The lowest BCUT2D eigenvalue weighted by Gasteiger charge is -2.03. The van der Waals surface area contributed by atoms with Crippen molar-refractivity contribution in [2.45, 2.75) is 6.92 Å². The zero-order valence-electron chi connectivity index (χ0n) is 8.68. The average molecular weight is 315 g/mol. The first-order valence-electron chi connectivity index (χ1n) is 4.57. The Hall–Kier alpha value is -1.54. The molecule has 1 N–H and O–H groups in total. The van der Waals surface area contributed by atoms with Gasteiger partial charge < -0.3 is 5.32 Å². The zero-order chi connectivity index (χ0) is 12.4. The van der Waals surface area contributed by atoms with Crippen LogP contribution in [-0.2, 0) is 0 Å². The molecule has 17 heavy (non-hydrogen) atoms. The van der Waals surface area contributed by atoms with Crippen molar-refractivity contribution in [3.63, 3.8) is 0 Å². The number of nitrogens with zero attached hydrogens (tertiary/aromatic N) is 3. The van der Waals surface area contributed by atoms with Gasteiger partial charge in [-0.1, -0.05) is 15.9 Å². The van der Waals surface area contributed by atoms with Crippen molar-refractivity contribution in [2.75, 3.05) is 5.32 Å². The largest absolute Gasteiger partial charge is 0.325 e. The van der Waals surface area contributed by atoms with E-state index in [2.05, 4.69) is 30.6 Å². The van der Waals surface area contributed by atoms with Crippen LogP contribution in [0.25, 0.3) is 0 Å². The maximum atomic E-state index is 10.9. The van der Waals surface area contributed by atoms with E-state index in [9.17, 15) is 10.1 Å². The van der Waals surface area contributed by atoms with Crippen LogP contribution in [0.15, 0.2) is 22.7 Å². The summed E-state index contributed by atoms with van der Waals surface area (Å²) in [5.41, 5.74) is 0.390.